The van der Waals surface area contributed by atoms with Crippen molar-refractivity contribution in [1.29, 1.82) is 0 Å². The van der Waals surface area contributed by atoms with E-state index in [2.05, 4.69) is 9.57 Å². The first-order chi connectivity index (χ1) is 8.86. The fourth-order valence-electron chi connectivity index (χ4n) is 1.28. The van der Waals surface area contributed by atoms with Crippen molar-refractivity contribution in [2.24, 2.45) is 5.92 Å². The van der Waals surface area contributed by atoms with Gasteiger partial charge < -0.3 is 24.9 Å². The molecule has 1 aromatic heterocycles. The molecule has 106 valence electrons. The Morgan fingerprint density at radius 1 is 1.37 bits per heavy atom. The molecule has 0 spiro atoms. The fraction of sp³-hybridized carbons (Fsp3) is 0.455. The van der Waals surface area contributed by atoms with Crippen LogP contribution in [-0.2, 0) is 14.3 Å². The van der Waals surface area contributed by atoms with Crippen LogP contribution in [0.5, 0.6) is 17.5 Å². The van der Waals surface area contributed by atoms with E-state index in [-0.39, 0.29) is 13.0 Å². The van der Waals surface area contributed by atoms with Gasteiger partial charge in [0.1, 0.15) is 0 Å². The van der Waals surface area contributed by atoms with Crippen molar-refractivity contribution in [1.82, 2.24) is 4.73 Å². The highest BCUT2D eigenvalue weighted by molar-refractivity contribution is 5.79. The Kier molecular flexibility index (Phi) is 4.62. The van der Waals surface area contributed by atoms with Gasteiger partial charge in [0, 0.05) is 6.07 Å². The van der Waals surface area contributed by atoms with Gasteiger partial charge in [0.25, 0.3) is 5.88 Å². The Morgan fingerprint density at radius 3 is 2.47 bits per heavy atom. The zero-order chi connectivity index (χ0) is 14.6. The lowest BCUT2D eigenvalue weighted by Crippen LogP contribution is -2.27. The van der Waals surface area contributed by atoms with Gasteiger partial charge in [-0.25, -0.2) is 4.79 Å². The van der Waals surface area contributed by atoms with Gasteiger partial charge >= 0.3 is 11.9 Å². The summed E-state index contributed by atoms with van der Waals surface area (Å²) in [7, 11) is 0. The maximum atomic E-state index is 11.6. The predicted molar refractivity (Wildman–Crippen MR) is 61.4 cm³/mol. The molecule has 0 saturated heterocycles. The molecule has 0 saturated carbocycles. The van der Waals surface area contributed by atoms with E-state index in [1.807, 2.05) is 0 Å². The number of rotatable bonds is 5. The van der Waals surface area contributed by atoms with E-state index in [0.717, 1.165) is 6.07 Å². The van der Waals surface area contributed by atoms with Gasteiger partial charge in [-0.05, 0) is 6.92 Å². The summed E-state index contributed by atoms with van der Waals surface area (Å²) in [6, 6.07) is 0.804. The molecule has 19 heavy (non-hydrogen) atoms. The molecule has 0 aromatic carbocycles. The Labute approximate surface area is 108 Å². The van der Waals surface area contributed by atoms with Crippen molar-refractivity contribution < 1.29 is 34.5 Å². The van der Waals surface area contributed by atoms with Gasteiger partial charge in [0.15, 0.2) is 5.75 Å². The standard InChI is InChI=1S/C11H15NO7/c1-3-18-9(15)4-6(2)11(17)19-12-8(14)5-7(13)10(12)16/h5-6,13-14,16H,3-4H2,1-2H3. The summed E-state index contributed by atoms with van der Waals surface area (Å²) in [6.45, 7) is 3.27. The molecule has 1 atom stereocenters. The van der Waals surface area contributed by atoms with E-state index in [0.29, 0.717) is 4.73 Å². The van der Waals surface area contributed by atoms with Crippen molar-refractivity contribution in [3.8, 4) is 17.5 Å². The first-order valence-corrected chi connectivity index (χ1v) is 5.57. The average Bonchev–Trinajstić information content (AvgIpc) is 2.56. The van der Waals surface area contributed by atoms with Gasteiger partial charge in [0.05, 0.1) is 18.9 Å². The minimum Gasteiger partial charge on any atom is -0.503 e. The van der Waals surface area contributed by atoms with Crippen molar-refractivity contribution in [3.63, 3.8) is 0 Å². The molecule has 0 bridgehead atoms. The third kappa shape index (κ3) is 3.54. The number of nitrogens with zero attached hydrogens (tertiary/aromatic N) is 1. The highest BCUT2D eigenvalue weighted by atomic mass is 16.7. The first-order valence-electron chi connectivity index (χ1n) is 5.57. The lowest BCUT2D eigenvalue weighted by Gasteiger charge is -2.11. The Morgan fingerprint density at radius 2 is 2.00 bits per heavy atom. The molecule has 8 nitrogen and oxygen atoms in total. The van der Waals surface area contributed by atoms with Gasteiger partial charge in [-0.2, -0.15) is 0 Å². The second-order valence-corrected chi connectivity index (χ2v) is 3.83. The van der Waals surface area contributed by atoms with Gasteiger partial charge in [-0.1, -0.05) is 6.92 Å². The van der Waals surface area contributed by atoms with E-state index in [1.165, 1.54) is 6.92 Å². The average molecular weight is 273 g/mol. The molecule has 3 N–H and O–H groups in total. The molecule has 1 aromatic rings. The summed E-state index contributed by atoms with van der Waals surface area (Å²) in [4.78, 5) is 27.4. The number of esters is 1. The number of hydrogen-bond acceptors (Lipinski definition) is 7. The molecule has 0 aliphatic carbocycles. The van der Waals surface area contributed by atoms with Gasteiger partial charge in [-0.15, -0.1) is 4.73 Å². The van der Waals surface area contributed by atoms with Crippen molar-refractivity contribution in [2.45, 2.75) is 20.3 Å². The van der Waals surface area contributed by atoms with Gasteiger partial charge in [0.2, 0.25) is 5.88 Å². The normalized spacial score (nSPS) is 11.9. The van der Waals surface area contributed by atoms with E-state index in [1.54, 1.807) is 6.92 Å². The zero-order valence-electron chi connectivity index (χ0n) is 10.5. The van der Waals surface area contributed by atoms with Gasteiger partial charge in [-0.3, -0.25) is 4.79 Å². The maximum Gasteiger partial charge on any atom is 0.336 e. The molecule has 0 amide bonds. The van der Waals surface area contributed by atoms with Crippen LogP contribution in [0.3, 0.4) is 0 Å². The van der Waals surface area contributed by atoms with E-state index in [9.17, 15) is 19.8 Å². The van der Waals surface area contributed by atoms with Crippen LogP contribution in [0.25, 0.3) is 0 Å². The van der Waals surface area contributed by atoms with Crippen molar-refractivity contribution in [2.75, 3.05) is 6.61 Å². The van der Waals surface area contributed by atoms with E-state index >= 15 is 0 Å². The summed E-state index contributed by atoms with van der Waals surface area (Å²) in [5.41, 5.74) is 0. The van der Waals surface area contributed by atoms with Crippen molar-refractivity contribution in [3.05, 3.63) is 6.07 Å². The largest absolute Gasteiger partial charge is 0.503 e. The van der Waals surface area contributed by atoms with Crippen LogP contribution in [0.2, 0.25) is 0 Å². The summed E-state index contributed by atoms with van der Waals surface area (Å²) in [5, 5.41) is 27.7. The third-order valence-electron chi connectivity index (χ3n) is 2.26. The van der Waals surface area contributed by atoms with Crippen LogP contribution < -0.4 is 4.84 Å². The molecule has 0 fully saturated rings. The number of aromatic nitrogens is 1. The third-order valence-corrected chi connectivity index (χ3v) is 2.26. The molecular weight excluding hydrogens is 258 g/mol. The SMILES string of the molecule is CCOC(=O)CC(C)C(=O)On1c(O)cc(O)c1O. The molecule has 0 aliphatic rings. The summed E-state index contributed by atoms with van der Waals surface area (Å²) < 4.78 is 5.03. The Balaban J connectivity index is 2.66. The number of carbonyl (C=O) groups is 2. The predicted octanol–water partition coefficient (Wildman–Crippen LogP) is 0.149. The van der Waals surface area contributed by atoms with Crippen LogP contribution in [0, 0.1) is 5.92 Å². The highest BCUT2D eigenvalue weighted by Crippen LogP contribution is 2.31. The van der Waals surface area contributed by atoms with Crippen molar-refractivity contribution >= 4 is 11.9 Å². The molecule has 0 radical (unpaired) electrons. The lowest BCUT2D eigenvalue weighted by atomic mass is 10.1. The molecule has 1 unspecified atom stereocenters. The molecule has 1 heterocycles. The van der Waals surface area contributed by atoms with Crippen LogP contribution in [0.4, 0.5) is 0 Å². The minimum atomic E-state index is -0.866. The molecule has 0 aliphatic heterocycles. The van der Waals surface area contributed by atoms with Crippen LogP contribution in [-0.4, -0.2) is 38.6 Å². The van der Waals surface area contributed by atoms with E-state index < -0.39 is 35.4 Å². The second kappa shape index (κ2) is 5.98. The number of carbonyl (C=O) groups excluding carboxylic acids is 2. The molecule has 8 heteroatoms. The smallest absolute Gasteiger partial charge is 0.336 e. The Bertz CT molecular complexity index is 480. The quantitative estimate of drug-likeness (QED) is 0.653. The van der Waals surface area contributed by atoms with Crippen LogP contribution in [0.1, 0.15) is 20.3 Å². The summed E-state index contributed by atoms with van der Waals surface area (Å²) in [5.74, 6) is -4.35. The first kappa shape index (κ1) is 14.7. The molecular formula is C11H15NO7. The second-order valence-electron chi connectivity index (χ2n) is 3.83. The minimum absolute atomic E-state index is 0.193. The van der Waals surface area contributed by atoms with E-state index in [4.69, 9.17) is 5.11 Å². The van der Waals surface area contributed by atoms with Crippen LogP contribution >= 0.6 is 0 Å². The number of ether oxygens (including phenoxy) is 1. The maximum absolute atomic E-state index is 11.6. The number of aromatic hydroxyl groups is 3. The summed E-state index contributed by atoms with van der Waals surface area (Å²) in [6.07, 6.45) is -0.193. The highest BCUT2D eigenvalue weighted by Gasteiger charge is 2.23. The van der Waals surface area contributed by atoms with Crippen LogP contribution in [0.15, 0.2) is 6.07 Å². The zero-order valence-corrected chi connectivity index (χ0v) is 10.5. The lowest BCUT2D eigenvalue weighted by molar-refractivity contribution is -0.155. The Hall–Kier alpha value is -2.38. The summed E-state index contributed by atoms with van der Waals surface area (Å²) >= 11 is 0. The monoisotopic (exact) mass is 273 g/mol. The molecule has 1 rings (SSSR count). The number of hydrogen-bond donors (Lipinski definition) is 3. The topological polar surface area (TPSA) is 118 Å². The fourth-order valence-corrected chi connectivity index (χ4v) is 1.28.